The van der Waals surface area contributed by atoms with Crippen molar-refractivity contribution < 1.29 is 18.3 Å². The number of nitrogens with zero attached hydrogens (tertiary/aromatic N) is 1. The van der Waals surface area contributed by atoms with E-state index in [1.807, 2.05) is 6.07 Å². The largest absolute Gasteiger partial charge is 0.435 e. The maximum absolute atomic E-state index is 12.0. The Balaban J connectivity index is 2.78. The first-order valence-corrected chi connectivity index (χ1v) is 4.78. The van der Waals surface area contributed by atoms with Crippen LogP contribution in [0.4, 0.5) is 8.78 Å². The Morgan fingerprint density at radius 2 is 2.24 bits per heavy atom. The van der Waals surface area contributed by atoms with Gasteiger partial charge in [-0.15, -0.1) is 0 Å². The highest BCUT2D eigenvalue weighted by Crippen LogP contribution is 2.15. The molecule has 17 heavy (non-hydrogen) atoms. The Bertz CT molecular complexity index is 443. The summed E-state index contributed by atoms with van der Waals surface area (Å²) in [6.45, 7) is -1.43. The van der Waals surface area contributed by atoms with Crippen molar-refractivity contribution in [3.8, 4) is 11.8 Å². The second-order valence-corrected chi connectivity index (χ2v) is 3.23. The van der Waals surface area contributed by atoms with Gasteiger partial charge in [0.2, 0.25) is 0 Å². The highest BCUT2D eigenvalue weighted by Gasteiger charge is 2.11. The summed E-state index contributed by atoms with van der Waals surface area (Å²) in [5, 5.41) is 10.9. The van der Waals surface area contributed by atoms with Gasteiger partial charge < -0.3 is 10.1 Å². The van der Waals surface area contributed by atoms with E-state index in [9.17, 15) is 13.6 Å². The summed E-state index contributed by atoms with van der Waals surface area (Å²) < 4.78 is 28.1. The third-order valence-electron chi connectivity index (χ3n) is 1.86. The highest BCUT2D eigenvalue weighted by molar-refractivity contribution is 5.94. The summed E-state index contributed by atoms with van der Waals surface area (Å²) in [5.41, 5.74) is 0.158. The Hall–Kier alpha value is -2.16. The fourth-order valence-corrected chi connectivity index (χ4v) is 1.13. The minimum atomic E-state index is -2.94. The molecule has 0 saturated heterocycles. The van der Waals surface area contributed by atoms with Crippen molar-refractivity contribution in [2.75, 3.05) is 0 Å². The number of ether oxygens (including phenoxy) is 1. The quantitative estimate of drug-likeness (QED) is 0.874. The van der Waals surface area contributed by atoms with Gasteiger partial charge in [0.05, 0.1) is 6.07 Å². The normalized spacial score (nSPS) is 11.7. The molecule has 0 heterocycles. The Kier molecular flexibility index (Phi) is 4.40. The Morgan fingerprint density at radius 1 is 1.53 bits per heavy atom. The van der Waals surface area contributed by atoms with Gasteiger partial charge in [-0.25, -0.2) is 0 Å². The average molecular weight is 240 g/mol. The number of halogens is 2. The van der Waals surface area contributed by atoms with Gasteiger partial charge in [-0.05, 0) is 25.1 Å². The number of carbonyl (C=O) groups excluding carboxylic acids is 1. The third-order valence-corrected chi connectivity index (χ3v) is 1.86. The van der Waals surface area contributed by atoms with E-state index in [0.717, 1.165) is 0 Å². The van der Waals surface area contributed by atoms with E-state index in [4.69, 9.17) is 5.26 Å². The number of benzene rings is 1. The van der Waals surface area contributed by atoms with Crippen molar-refractivity contribution in [1.82, 2.24) is 5.32 Å². The van der Waals surface area contributed by atoms with Gasteiger partial charge >= 0.3 is 6.61 Å². The predicted molar refractivity (Wildman–Crippen MR) is 55.6 cm³/mol. The summed E-state index contributed by atoms with van der Waals surface area (Å²) in [5.74, 6) is -0.615. The standard InChI is InChI=1S/C11H10F2N2O2/c1-7(6-14)15-10(16)8-3-2-4-9(5-8)17-11(12)13/h2-5,7,11H,1H3,(H,15,16). The van der Waals surface area contributed by atoms with Crippen LogP contribution in [0.3, 0.4) is 0 Å². The van der Waals surface area contributed by atoms with Crippen LogP contribution in [0.2, 0.25) is 0 Å². The van der Waals surface area contributed by atoms with Gasteiger partial charge in [0.25, 0.3) is 5.91 Å². The Labute approximate surface area is 96.8 Å². The van der Waals surface area contributed by atoms with Crippen LogP contribution in [0.25, 0.3) is 0 Å². The molecule has 1 N–H and O–H groups in total. The molecular weight excluding hydrogens is 230 g/mol. The molecule has 1 rings (SSSR count). The number of carbonyl (C=O) groups is 1. The van der Waals surface area contributed by atoms with Gasteiger partial charge in [-0.2, -0.15) is 14.0 Å². The lowest BCUT2D eigenvalue weighted by Gasteiger charge is -2.08. The molecule has 0 spiro atoms. The number of amides is 1. The molecule has 0 fully saturated rings. The molecule has 6 heteroatoms. The fraction of sp³-hybridized carbons (Fsp3) is 0.273. The van der Waals surface area contributed by atoms with E-state index < -0.39 is 18.6 Å². The maximum atomic E-state index is 12.0. The second-order valence-electron chi connectivity index (χ2n) is 3.23. The summed E-state index contributed by atoms with van der Waals surface area (Å²) >= 11 is 0. The van der Waals surface area contributed by atoms with Crippen molar-refractivity contribution >= 4 is 5.91 Å². The number of nitriles is 1. The van der Waals surface area contributed by atoms with E-state index in [1.54, 1.807) is 0 Å². The van der Waals surface area contributed by atoms with E-state index in [-0.39, 0.29) is 11.3 Å². The van der Waals surface area contributed by atoms with Crippen molar-refractivity contribution in [2.24, 2.45) is 0 Å². The zero-order valence-electron chi connectivity index (χ0n) is 8.98. The molecule has 0 aliphatic carbocycles. The van der Waals surface area contributed by atoms with Crippen LogP contribution in [0, 0.1) is 11.3 Å². The summed E-state index contributed by atoms with van der Waals surface area (Å²) in [7, 11) is 0. The molecule has 0 aromatic heterocycles. The Morgan fingerprint density at radius 3 is 2.82 bits per heavy atom. The van der Waals surface area contributed by atoms with E-state index >= 15 is 0 Å². The molecule has 1 atom stereocenters. The first-order valence-electron chi connectivity index (χ1n) is 4.78. The van der Waals surface area contributed by atoms with Crippen LogP contribution in [-0.2, 0) is 0 Å². The predicted octanol–water partition coefficient (Wildman–Crippen LogP) is 1.93. The smallest absolute Gasteiger partial charge is 0.387 e. The fourth-order valence-electron chi connectivity index (χ4n) is 1.13. The van der Waals surface area contributed by atoms with Gasteiger partial charge in [0.15, 0.2) is 0 Å². The average Bonchev–Trinajstić information content (AvgIpc) is 2.28. The summed E-state index contributed by atoms with van der Waals surface area (Å²) in [6.07, 6.45) is 0. The van der Waals surface area contributed by atoms with Crippen LogP contribution < -0.4 is 10.1 Å². The zero-order valence-corrected chi connectivity index (χ0v) is 8.98. The van der Waals surface area contributed by atoms with Crippen LogP contribution >= 0.6 is 0 Å². The lowest BCUT2D eigenvalue weighted by atomic mass is 10.2. The highest BCUT2D eigenvalue weighted by atomic mass is 19.3. The molecule has 90 valence electrons. The van der Waals surface area contributed by atoms with Gasteiger partial charge in [0, 0.05) is 5.56 Å². The third kappa shape index (κ3) is 4.07. The first kappa shape index (κ1) is 12.9. The molecule has 1 unspecified atom stereocenters. The first-order chi connectivity index (χ1) is 8.02. The lowest BCUT2D eigenvalue weighted by Crippen LogP contribution is -2.31. The molecule has 1 amide bonds. The van der Waals surface area contributed by atoms with Crippen LogP contribution in [0.15, 0.2) is 24.3 Å². The van der Waals surface area contributed by atoms with Gasteiger partial charge in [0.1, 0.15) is 11.8 Å². The monoisotopic (exact) mass is 240 g/mol. The molecule has 0 radical (unpaired) electrons. The van der Waals surface area contributed by atoms with E-state index in [2.05, 4.69) is 10.1 Å². The van der Waals surface area contributed by atoms with Gasteiger partial charge in [-0.3, -0.25) is 4.79 Å². The number of rotatable bonds is 4. The molecule has 1 aromatic carbocycles. The van der Waals surface area contributed by atoms with Crippen LogP contribution in [0.1, 0.15) is 17.3 Å². The van der Waals surface area contributed by atoms with Crippen LogP contribution in [0.5, 0.6) is 5.75 Å². The molecule has 1 aromatic rings. The molecular formula is C11H10F2N2O2. The zero-order chi connectivity index (χ0) is 12.8. The van der Waals surface area contributed by atoms with Gasteiger partial charge in [-0.1, -0.05) is 6.07 Å². The number of nitrogens with one attached hydrogen (secondary N) is 1. The van der Waals surface area contributed by atoms with Crippen molar-refractivity contribution in [3.05, 3.63) is 29.8 Å². The molecule has 4 nitrogen and oxygen atoms in total. The van der Waals surface area contributed by atoms with Crippen LogP contribution in [-0.4, -0.2) is 18.6 Å². The number of hydrogen-bond acceptors (Lipinski definition) is 3. The second kappa shape index (κ2) is 5.80. The molecule has 0 bridgehead atoms. The topological polar surface area (TPSA) is 62.1 Å². The van der Waals surface area contributed by atoms with E-state index in [1.165, 1.54) is 31.2 Å². The molecule has 0 aliphatic heterocycles. The minimum Gasteiger partial charge on any atom is -0.435 e. The lowest BCUT2D eigenvalue weighted by molar-refractivity contribution is -0.0498. The summed E-state index contributed by atoms with van der Waals surface area (Å²) in [4.78, 5) is 11.5. The van der Waals surface area contributed by atoms with Crippen molar-refractivity contribution in [1.29, 1.82) is 5.26 Å². The van der Waals surface area contributed by atoms with Crippen molar-refractivity contribution in [2.45, 2.75) is 19.6 Å². The molecule has 0 aliphatic rings. The summed E-state index contributed by atoms with van der Waals surface area (Å²) in [6, 6.07) is 6.54. The molecule has 0 saturated carbocycles. The minimum absolute atomic E-state index is 0.0998. The number of alkyl halides is 2. The number of hydrogen-bond donors (Lipinski definition) is 1. The maximum Gasteiger partial charge on any atom is 0.387 e. The van der Waals surface area contributed by atoms with Crippen molar-refractivity contribution in [3.63, 3.8) is 0 Å². The van der Waals surface area contributed by atoms with E-state index in [0.29, 0.717) is 0 Å². The SMILES string of the molecule is CC(C#N)NC(=O)c1cccc(OC(F)F)c1.